The molecule has 0 saturated carbocycles. The van der Waals surface area contributed by atoms with Crippen molar-refractivity contribution in [2.24, 2.45) is 0 Å². The van der Waals surface area contributed by atoms with Crippen LogP contribution < -0.4 is 10.1 Å². The molecule has 0 bridgehead atoms. The molecule has 1 aromatic carbocycles. The monoisotopic (exact) mass is 393 g/mol. The van der Waals surface area contributed by atoms with E-state index in [9.17, 15) is 10.1 Å². The van der Waals surface area contributed by atoms with Crippen LogP contribution in [0.4, 0.5) is 5.69 Å². The highest BCUT2D eigenvalue weighted by Gasteiger charge is 2.26. The van der Waals surface area contributed by atoms with Gasteiger partial charge in [0.05, 0.1) is 35.2 Å². The third-order valence-corrected chi connectivity index (χ3v) is 4.90. The third kappa shape index (κ3) is 3.59. The number of aryl methyl sites for hydroxylation is 2. The molecule has 0 aliphatic carbocycles. The molecule has 3 aromatic rings. The number of rotatable bonds is 5. The molecule has 3 rings (SSSR count). The molecule has 7 heteroatoms. The minimum Gasteiger partial charge on any atom is -0.495 e. The van der Waals surface area contributed by atoms with Crippen molar-refractivity contribution >= 4 is 23.4 Å². The Hall–Kier alpha value is -3.24. The molecule has 2 heterocycles. The Balaban J connectivity index is 2.19. The molecule has 0 saturated heterocycles. The van der Waals surface area contributed by atoms with Gasteiger partial charge in [-0.2, -0.15) is 5.26 Å². The highest BCUT2D eigenvalue weighted by atomic mass is 32.2. The molecule has 0 atom stereocenters. The molecular weight excluding hydrogens is 374 g/mol. The Bertz CT molecular complexity index is 1080. The van der Waals surface area contributed by atoms with Gasteiger partial charge in [-0.1, -0.05) is 12.1 Å². The SMILES string of the molecule is COc1ccccc1NC(=O)c1c(C)nc(SC)c(C#N)c1-c1ccc(C)o1. The van der Waals surface area contributed by atoms with Gasteiger partial charge in [0, 0.05) is 0 Å². The van der Waals surface area contributed by atoms with Gasteiger partial charge in [-0.3, -0.25) is 4.79 Å². The molecular formula is C21H19N3O3S. The quantitative estimate of drug-likeness (QED) is 0.626. The number of nitrogens with zero attached hydrogens (tertiary/aromatic N) is 2. The van der Waals surface area contributed by atoms with Gasteiger partial charge in [-0.15, -0.1) is 11.8 Å². The number of amides is 1. The van der Waals surface area contributed by atoms with E-state index in [4.69, 9.17) is 9.15 Å². The van der Waals surface area contributed by atoms with Gasteiger partial charge in [-0.05, 0) is 44.4 Å². The molecule has 0 aliphatic heterocycles. The second-order valence-electron chi connectivity index (χ2n) is 6.01. The molecule has 1 N–H and O–H groups in total. The number of nitriles is 1. The fourth-order valence-electron chi connectivity index (χ4n) is 2.95. The van der Waals surface area contributed by atoms with Gasteiger partial charge in [0.1, 0.15) is 28.4 Å². The van der Waals surface area contributed by atoms with Gasteiger partial charge >= 0.3 is 0 Å². The standard InChI is InChI=1S/C21H19N3O3S/c1-12-9-10-17(27-12)19-14(11-22)21(28-4)23-13(2)18(19)20(25)24-15-7-5-6-8-16(15)26-3/h5-10H,1-4H3,(H,24,25). The molecule has 28 heavy (non-hydrogen) atoms. The van der Waals surface area contributed by atoms with E-state index in [1.165, 1.54) is 18.9 Å². The predicted octanol–water partition coefficient (Wildman–Crippen LogP) is 4.81. The number of aromatic nitrogens is 1. The van der Waals surface area contributed by atoms with Crippen molar-refractivity contribution in [3.63, 3.8) is 0 Å². The van der Waals surface area contributed by atoms with Crippen LogP contribution in [0.1, 0.15) is 27.4 Å². The fraction of sp³-hybridized carbons (Fsp3) is 0.190. The number of thioether (sulfide) groups is 1. The van der Waals surface area contributed by atoms with Crippen LogP contribution in [0.25, 0.3) is 11.3 Å². The summed E-state index contributed by atoms with van der Waals surface area (Å²) in [7, 11) is 1.54. The van der Waals surface area contributed by atoms with Crippen molar-refractivity contribution in [2.75, 3.05) is 18.7 Å². The van der Waals surface area contributed by atoms with Crippen LogP contribution in [0.2, 0.25) is 0 Å². The molecule has 1 amide bonds. The van der Waals surface area contributed by atoms with E-state index in [2.05, 4.69) is 16.4 Å². The lowest BCUT2D eigenvalue weighted by Crippen LogP contribution is -2.17. The van der Waals surface area contributed by atoms with E-state index in [1.54, 1.807) is 37.3 Å². The molecule has 0 aliphatic rings. The second-order valence-corrected chi connectivity index (χ2v) is 6.80. The number of pyridine rings is 1. The second kappa shape index (κ2) is 8.19. The van der Waals surface area contributed by atoms with Crippen LogP contribution in [0.5, 0.6) is 5.75 Å². The lowest BCUT2D eigenvalue weighted by atomic mass is 9.99. The summed E-state index contributed by atoms with van der Waals surface area (Å²) in [5.74, 6) is 1.30. The number of hydrogen-bond acceptors (Lipinski definition) is 6. The van der Waals surface area contributed by atoms with Crippen molar-refractivity contribution < 1.29 is 13.9 Å². The number of hydrogen-bond donors (Lipinski definition) is 1. The van der Waals surface area contributed by atoms with E-state index < -0.39 is 0 Å². The van der Waals surface area contributed by atoms with Gasteiger partial charge in [-0.25, -0.2) is 4.98 Å². The summed E-state index contributed by atoms with van der Waals surface area (Å²) < 4.78 is 11.1. The maximum Gasteiger partial charge on any atom is 0.258 e. The lowest BCUT2D eigenvalue weighted by molar-refractivity contribution is 0.102. The first kappa shape index (κ1) is 19.5. The minimum absolute atomic E-state index is 0.301. The van der Waals surface area contributed by atoms with Gasteiger partial charge in [0.2, 0.25) is 0 Å². The molecule has 0 radical (unpaired) electrons. The average Bonchev–Trinajstić information content (AvgIpc) is 3.13. The summed E-state index contributed by atoms with van der Waals surface area (Å²) in [5.41, 5.74) is 2.11. The van der Waals surface area contributed by atoms with Crippen molar-refractivity contribution in [1.82, 2.24) is 4.98 Å². The molecule has 0 spiro atoms. The summed E-state index contributed by atoms with van der Waals surface area (Å²) in [5, 5.41) is 13.2. The van der Waals surface area contributed by atoms with Crippen molar-refractivity contribution in [1.29, 1.82) is 5.26 Å². The summed E-state index contributed by atoms with van der Waals surface area (Å²) in [6.07, 6.45) is 1.84. The predicted molar refractivity (Wildman–Crippen MR) is 109 cm³/mol. The maximum absolute atomic E-state index is 13.2. The summed E-state index contributed by atoms with van der Waals surface area (Å²) in [6, 6.07) is 12.9. The van der Waals surface area contributed by atoms with Crippen LogP contribution in [-0.2, 0) is 0 Å². The lowest BCUT2D eigenvalue weighted by Gasteiger charge is -2.16. The van der Waals surface area contributed by atoms with E-state index in [-0.39, 0.29) is 5.91 Å². The Kier molecular flexibility index (Phi) is 5.71. The van der Waals surface area contributed by atoms with E-state index in [1.807, 2.05) is 19.2 Å². The van der Waals surface area contributed by atoms with Gasteiger partial charge in [0.25, 0.3) is 5.91 Å². The number of furan rings is 1. The van der Waals surface area contributed by atoms with Crippen molar-refractivity contribution in [3.05, 3.63) is 59.0 Å². The highest BCUT2D eigenvalue weighted by molar-refractivity contribution is 7.98. The van der Waals surface area contributed by atoms with E-state index >= 15 is 0 Å². The van der Waals surface area contributed by atoms with Crippen LogP contribution in [0.3, 0.4) is 0 Å². The highest BCUT2D eigenvalue weighted by Crippen LogP contribution is 2.36. The minimum atomic E-state index is -0.386. The number of nitrogens with one attached hydrogen (secondary N) is 1. The molecule has 142 valence electrons. The number of anilines is 1. The summed E-state index contributed by atoms with van der Waals surface area (Å²) >= 11 is 1.35. The number of benzene rings is 1. The third-order valence-electron chi connectivity index (χ3n) is 4.22. The zero-order valence-electron chi connectivity index (χ0n) is 16.0. The van der Waals surface area contributed by atoms with Crippen molar-refractivity contribution in [3.8, 4) is 23.1 Å². The Morgan fingerprint density at radius 3 is 2.61 bits per heavy atom. The van der Waals surface area contributed by atoms with Gasteiger partial charge < -0.3 is 14.5 Å². The molecule has 6 nitrogen and oxygen atoms in total. The largest absolute Gasteiger partial charge is 0.495 e. The number of ether oxygens (including phenoxy) is 1. The molecule has 2 aromatic heterocycles. The van der Waals surface area contributed by atoms with E-state index in [0.29, 0.717) is 50.4 Å². The van der Waals surface area contributed by atoms with Crippen LogP contribution in [0.15, 0.2) is 45.8 Å². The number of para-hydroxylation sites is 2. The summed E-state index contributed by atoms with van der Waals surface area (Å²) in [6.45, 7) is 3.56. The number of methoxy groups -OCH3 is 1. The fourth-order valence-corrected chi connectivity index (χ4v) is 3.53. The van der Waals surface area contributed by atoms with Crippen LogP contribution in [-0.4, -0.2) is 24.3 Å². The van der Waals surface area contributed by atoms with Crippen LogP contribution >= 0.6 is 11.8 Å². The Morgan fingerprint density at radius 2 is 2.00 bits per heavy atom. The Labute approximate surface area is 167 Å². The average molecular weight is 393 g/mol. The number of carbonyl (C=O) groups is 1. The van der Waals surface area contributed by atoms with Crippen LogP contribution in [0, 0.1) is 25.2 Å². The van der Waals surface area contributed by atoms with Gasteiger partial charge in [0.15, 0.2) is 0 Å². The topological polar surface area (TPSA) is 88.1 Å². The molecule has 0 fully saturated rings. The molecule has 0 unspecified atom stereocenters. The number of carbonyl (C=O) groups excluding carboxylic acids is 1. The first-order valence-electron chi connectivity index (χ1n) is 8.50. The first-order chi connectivity index (χ1) is 13.5. The maximum atomic E-state index is 13.2. The van der Waals surface area contributed by atoms with Crippen molar-refractivity contribution in [2.45, 2.75) is 18.9 Å². The van der Waals surface area contributed by atoms with E-state index in [0.717, 1.165) is 0 Å². The first-order valence-corrected chi connectivity index (χ1v) is 9.72. The zero-order chi connectivity index (χ0) is 20.3. The normalized spacial score (nSPS) is 10.4. The zero-order valence-corrected chi connectivity index (χ0v) is 16.8. The smallest absolute Gasteiger partial charge is 0.258 e. The summed E-state index contributed by atoms with van der Waals surface area (Å²) in [4.78, 5) is 17.7. The Morgan fingerprint density at radius 1 is 1.25 bits per heavy atom.